The average molecular weight is 284 g/mol. The first kappa shape index (κ1) is 14.6. The molecule has 0 aliphatic carbocycles. The number of ether oxygens (including phenoxy) is 2. The number of rotatable bonds is 5. The van der Waals surface area contributed by atoms with Gasteiger partial charge in [-0.1, -0.05) is 18.0 Å². The largest absolute Gasteiger partial charge is 0.496 e. The highest BCUT2D eigenvalue weighted by Crippen LogP contribution is 2.30. The minimum Gasteiger partial charge on any atom is -0.496 e. The zero-order chi connectivity index (χ0) is 13.7. The first-order valence-electron chi connectivity index (χ1n) is 6.82. The van der Waals surface area contributed by atoms with Gasteiger partial charge in [0.25, 0.3) is 0 Å². The molecule has 1 aromatic carbocycles. The first-order chi connectivity index (χ1) is 9.24. The predicted octanol–water partition coefficient (Wildman–Crippen LogP) is 3.18. The molecule has 4 heteroatoms. The van der Waals surface area contributed by atoms with Gasteiger partial charge in [-0.15, -0.1) is 0 Å². The van der Waals surface area contributed by atoms with E-state index in [1.54, 1.807) is 14.2 Å². The Labute approximate surface area is 120 Å². The predicted molar refractivity (Wildman–Crippen MR) is 78.1 cm³/mol. The normalized spacial score (nSPS) is 19.4. The zero-order valence-electron chi connectivity index (χ0n) is 11.7. The van der Waals surface area contributed by atoms with E-state index < -0.39 is 0 Å². The van der Waals surface area contributed by atoms with Gasteiger partial charge in [0.05, 0.1) is 13.7 Å². The number of benzene rings is 1. The van der Waals surface area contributed by atoms with Gasteiger partial charge < -0.3 is 14.8 Å². The number of halogens is 1. The summed E-state index contributed by atoms with van der Waals surface area (Å²) in [7, 11) is 3.40. The van der Waals surface area contributed by atoms with Crippen molar-refractivity contribution in [2.45, 2.75) is 38.3 Å². The fraction of sp³-hybridized carbons (Fsp3) is 0.600. The van der Waals surface area contributed by atoms with Gasteiger partial charge in [0.1, 0.15) is 5.75 Å². The molecule has 19 heavy (non-hydrogen) atoms. The van der Waals surface area contributed by atoms with E-state index in [0.717, 1.165) is 24.3 Å². The van der Waals surface area contributed by atoms with Crippen LogP contribution in [0.25, 0.3) is 0 Å². The Bertz CT molecular complexity index is 417. The van der Waals surface area contributed by atoms with Gasteiger partial charge in [-0.25, -0.2) is 0 Å². The quantitative estimate of drug-likeness (QED) is 0.900. The van der Waals surface area contributed by atoms with Gasteiger partial charge in [0.15, 0.2) is 0 Å². The standard InChI is InChI=1S/C15H22ClNO2/c1-18-10-11-7-12(16)8-15(19-2)14(11)9-13-5-3-4-6-17-13/h7-8,13,17H,3-6,9-10H2,1-2H3. The van der Waals surface area contributed by atoms with Crippen molar-refractivity contribution in [1.29, 1.82) is 0 Å². The first-order valence-corrected chi connectivity index (χ1v) is 7.20. The molecule has 1 N–H and O–H groups in total. The summed E-state index contributed by atoms with van der Waals surface area (Å²) >= 11 is 6.13. The molecule has 0 saturated carbocycles. The maximum Gasteiger partial charge on any atom is 0.123 e. The van der Waals surface area contributed by atoms with Gasteiger partial charge >= 0.3 is 0 Å². The number of nitrogens with one attached hydrogen (secondary N) is 1. The van der Waals surface area contributed by atoms with E-state index in [2.05, 4.69) is 5.32 Å². The molecular weight excluding hydrogens is 262 g/mol. The van der Waals surface area contributed by atoms with E-state index in [4.69, 9.17) is 21.1 Å². The lowest BCUT2D eigenvalue weighted by Crippen LogP contribution is -2.35. The summed E-state index contributed by atoms with van der Waals surface area (Å²) in [5.74, 6) is 0.868. The SMILES string of the molecule is COCc1cc(Cl)cc(OC)c1CC1CCCCN1. The van der Waals surface area contributed by atoms with Gasteiger partial charge in [-0.3, -0.25) is 0 Å². The second-order valence-electron chi connectivity index (χ2n) is 5.03. The Morgan fingerprint density at radius 1 is 1.32 bits per heavy atom. The summed E-state index contributed by atoms with van der Waals surface area (Å²) in [6.07, 6.45) is 4.77. The molecule has 0 spiro atoms. The highest BCUT2D eigenvalue weighted by Gasteiger charge is 2.18. The third-order valence-electron chi connectivity index (χ3n) is 3.65. The second kappa shape index (κ2) is 7.13. The molecule has 106 valence electrons. The van der Waals surface area contributed by atoms with Crippen LogP contribution < -0.4 is 10.1 Å². The summed E-state index contributed by atoms with van der Waals surface area (Å²) < 4.78 is 10.8. The van der Waals surface area contributed by atoms with Gasteiger partial charge in [-0.2, -0.15) is 0 Å². The maximum absolute atomic E-state index is 6.13. The Balaban J connectivity index is 2.24. The number of piperidine rings is 1. The van der Waals surface area contributed by atoms with Crippen molar-refractivity contribution in [3.05, 3.63) is 28.3 Å². The Hall–Kier alpha value is -0.770. The minimum absolute atomic E-state index is 0.527. The third-order valence-corrected chi connectivity index (χ3v) is 3.87. The monoisotopic (exact) mass is 283 g/mol. The maximum atomic E-state index is 6.13. The van der Waals surface area contributed by atoms with E-state index in [1.165, 1.54) is 24.8 Å². The van der Waals surface area contributed by atoms with Crippen molar-refractivity contribution in [3.63, 3.8) is 0 Å². The van der Waals surface area contributed by atoms with Crippen molar-refractivity contribution in [2.24, 2.45) is 0 Å². The Kier molecular flexibility index (Phi) is 5.49. The van der Waals surface area contributed by atoms with Crippen LogP contribution in [0.4, 0.5) is 0 Å². The molecule has 2 rings (SSSR count). The van der Waals surface area contributed by atoms with E-state index in [9.17, 15) is 0 Å². The smallest absolute Gasteiger partial charge is 0.123 e. The van der Waals surface area contributed by atoms with Crippen LogP contribution in [-0.4, -0.2) is 26.8 Å². The topological polar surface area (TPSA) is 30.5 Å². The Morgan fingerprint density at radius 2 is 2.16 bits per heavy atom. The molecule has 1 heterocycles. The molecule has 1 aliphatic heterocycles. The highest BCUT2D eigenvalue weighted by molar-refractivity contribution is 6.30. The van der Waals surface area contributed by atoms with Crippen molar-refractivity contribution >= 4 is 11.6 Å². The molecule has 0 amide bonds. The fourth-order valence-electron chi connectivity index (χ4n) is 2.71. The lowest BCUT2D eigenvalue weighted by molar-refractivity contribution is 0.183. The second-order valence-corrected chi connectivity index (χ2v) is 5.47. The number of hydrogen-bond donors (Lipinski definition) is 1. The lowest BCUT2D eigenvalue weighted by Gasteiger charge is -2.25. The summed E-state index contributed by atoms with van der Waals surface area (Å²) in [6.45, 7) is 1.68. The van der Waals surface area contributed by atoms with Crippen LogP contribution in [0.2, 0.25) is 5.02 Å². The number of hydrogen-bond acceptors (Lipinski definition) is 3. The molecule has 0 aromatic heterocycles. The van der Waals surface area contributed by atoms with Crippen molar-refractivity contribution < 1.29 is 9.47 Å². The van der Waals surface area contributed by atoms with Crippen LogP contribution in [0.1, 0.15) is 30.4 Å². The van der Waals surface area contributed by atoms with Crippen LogP contribution in [0.15, 0.2) is 12.1 Å². The molecule has 1 fully saturated rings. The van der Waals surface area contributed by atoms with Gasteiger partial charge in [0.2, 0.25) is 0 Å². The number of methoxy groups -OCH3 is 2. The summed E-state index contributed by atoms with van der Waals surface area (Å²) in [4.78, 5) is 0. The van der Waals surface area contributed by atoms with Crippen molar-refractivity contribution in [3.8, 4) is 5.75 Å². The Morgan fingerprint density at radius 3 is 2.79 bits per heavy atom. The third kappa shape index (κ3) is 3.85. The van der Waals surface area contributed by atoms with Crippen molar-refractivity contribution in [1.82, 2.24) is 5.32 Å². The van der Waals surface area contributed by atoms with Gasteiger partial charge in [-0.05, 0) is 43.5 Å². The van der Waals surface area contributed by atoms with Crippen LogP contribution in [0.3, 0.4) is 0 Å². The van der Waals surface area contributed by atoms with Crippen LogP contribution in [0, 0.1) is 0 Å². The van der Waals surface area contributed by atoms with Crippen LogP contribution in [-0.2, 0) is 17.8 Å². The zero-order valence-corrected chi connectivity index (χ0v) is 12.4. The lowest BCUT2D eigenvalue weighted by atomic mass is 9.94. The molecule has 1 atom stereocenters. The molecule has 1 aromatic rings. The van der Waals surface area contributed by atoms with E-state index in [1.807, 2.05) is 12.1 Å². The molecule has 1 saturated heterocycles. The van der Waals surface area contributed by atoms with E-state index >= 15 is 0 Å². The van der Waals surface area contributed by atoms with E-state index in [-0.39, 0.29) is 0 Å². The summed E-state index contributed by atoms with van der Waals surface area (Å²) in [6, 6.07) is 4.39. The van der Waals surface area contributed by atoms with E-state index in [0.29, 0.717) is 17.7 Å². The average Bonchev–Trinajstić information content (AvgIpc) is 2.43. The van der Waals surface area contributed by atoms with Gasteiger partial charge in [0, 0.05) is 23.7 Å². The molecule has 3 nitrogen and oxygen atoms in total. The van der Waals surface area contributed by atoms with Crippen LogP contribution >= 0.6 is 11.6 Å². The summed E-state index contributed by atoms with van der Waals surface area (Å²) in [5.41, 5.74) is 2.34. The molecule has 0 bridgehead atoms. The van der Waals surface area contributed by atoms with Crippen molar-refractivity contribution in [2.75, 3.05) is 20.8 Å². The highest BCUT2D eigenvalue weighted by atomic mass is 35.5. The minimum atomic E-state index is 0.527. The van der Waals surface area contributed by atoms with Crippen LogP contribution in [0.5, 0.6) is 5.75 Å². The molecular formula is C15H22ClNO2. The molecule has 0 radical (unpaired) electrons. The fourth-order valence-corrected chi connectivity index (χ4v) is 2.94. The summed E-state index contributed by atoms with van der Waals surface area (Å²) in [5, 5.41) is 4.27. The molecule has 1 unspecified atom stereocenters. The molecule has 1 aliphatic rings.